The fraction of sp³-hybridized carbons (Fsp3) is 0.636. The molecule has 1 aromatic heterocycles. The van der Waals surface area contributed by atoms with E-state index >= 15 is 0 Å². The Hall–Kier alpha value is -0.770. The summed E-state index contributed by atoms with van der Waals surface area (Å²) in [7, 11) is 0. The molecule has 0 aromatic carbocycles. The summed E-state index contributed by atoms with van der Waals surface area (Å²) < 4.78 is 0. The van der Waals surface area contributed by atoms with Gasteiger partial charge >= 0.3 is 0 Å². The zero-order valence-corrected chi connectivity index (χ0v) is 10.7. The molecule has 84 valence electrons. The first-order chi connectivity index (χ1) is 7.19. The number of thioether (sulfide) groups is 1. The molecule has 0 aliphatic carbocycles. The molecule has 0 aliphatic rings. The van der Waals surface area contributed by atoms with Crippen LogP contribution in [0.15, 0.2) is 11.4 Å². The van der Waals surface area contributed by atoms with Gasteiger partial charge in [-0.05, 0) is 13.3 Å². The molecule has 3 nitrogen and oxygen atoms in total. The van der Waals surface area contributed by atoms with Gasteiger partial charge in [-0.15, -0.1) is 11.8 Å². The van der Waals surface area contributed by atoms with Gasteiger partial charge in [0.25, 0.3) is 0 Å². The first-order valence-electron chi connectivity index (χ1n) is 5.43. The normalized spacial score (nSPS) is 10.7. The van der Waals surface area contributed by atoms with E-state index in [0.29, 0.717) is 5.25 Å². The van der Waals surface area contributed by atoms with E-state index in [2.05, 4.69) is 43.0 Å². The Morgan fingerprint density at radius 1 is 1.33 bits per heavy atom. The third kappa shape index (κ3) is 3.38. The lowest BCUT2D eigenvalue weighted by atomic mass is 10.2. The number of rotatable bonds is 5. The van der Waals surface area contributed by atoms with Gasteiger partial charge in [-0.2, -0.15) is 0 Å². The Morgan fingerprint density at radius 2 is 2.07 bits per heavy atom. The molecular formula is C11H19N3S. The Kier molecular flexibility index (Phi) is 4.88. The molecule has 1 aromatic rings. The first-order valence-corrected chi connectivity index (χ1v) is 6.31. The second-order valence-electron chi connectivity index (χ2n) is 3.56. The van der Waals surface area contributed by atoms with Crippen molar-refractivity contribution in [3.8, 4) is 0 Å². The average molecular weight is 225 g/mol. The van der Waals surface area contributed by atoms with E-state index in [0.717, 1.165) is 23.8 Å². The van der Waals surface area contributed by atoms with Crippen molar-refractivity contribution in [1.82, 2.24) is 9.97 Å². The Morgan fingerprint density at radius 3 is 2.60 bits per heavy atom. The van der Waals surface area contributed by atoms with Crippen molar-refractivity contribution in [1.29, 1.82) is 0 Å². The summed E-state index contributed by atoms with van der Waals surface area (Å²) in [6.07, 6.45) is 2.61. The third-order valence-electron chi connectivity index (χ3n) is 1.95. The summed E-state index contributed by atoms with van der Waals surface area (Å²) in [5, 5.41) is 4.94. The van der Waals surface area contributed by atoms with Crippen LogP contribution in [0, 0.1) is 0 Å². The molecule has 4 heteroatoms. The molecule has 0 aliphatic heterocycles. The van der Waals surface area contributed by atoms with Gasteiger partial charge in [-0.25, -0.2) is 9.97 Å². The smallest absolute Gasteiger partial charge is 0.133 e. The molecule has 0 bridgehead atoms. The summed E-state index contributed by atoms with van der Waals surface area (Å²) in [5.41, 5.74) is 1.23. The maximum Gasteiger partial charge on any atom is 0.133 e. The van der Waals surface area contributed by atoms with Crippen molar-refractivity contribution >= 4 is 17.6 Å². The van der Waals surface area contributed by atoms with E-state index in [4.69, 9.17) is 0 Å². The van der Waals surface area contributed by atoms with Gasteiger partial charge in [-0.1, -0.05) is 20.8 Å². The Bertz CT molecular complexity index is 313. The highest BCUT2D eigenvalue weighted by Gasteiger charge is 2.10. The fourth-order valence-corrected chi connectivity index (χ4v) is 2.30. The Labute approximate surface area is 96.1 Å². The van der Waals surface area contributed by atoms with Crippen LogP contribution < -0.4 is 5.32 Å². The predicted octanol–water partition coefficient (Wildman–Crippen LogP) is 2.97. The van der Waals surface area contributed by atoms with Gasteiger partial charge < -0.3 is 5.32 Å². The lowest BCUT2D eigenvalue weighted by Crippen LogP contribution is -2.06. The highest BCUT2D eigenvalue weighted by Crippen LogP contribution is 2.28. The summed E-state index contributed by atoms with van der Waals surface area (Å²) >= 11 is 1.80. The van der Waals surface area contributed by atoms with Crippen LogP contribution in [0.3, 0.4) is 0 Å². The molecule has 0 amide bonds. The lowest BCUT2D eigenvalue weighted by Gasteiger charge is -2.12. The highest BCUT2D eigenvalue weighted by atomic mass is 32.2. The van der Waals surface area contributed by atoms with Gasteiger partial charge in [0.1, 0.15) is 17.2 Å². The Balaban J connectivity index is 2.98. The number of nitrogens with zero attached hydrogens (tertiary/aromatic N) is 2. The second-order valence-corrected chi connectivity index (χ2v) is 5.12. The average Bonchev–Trinajstić information content (AvgIpc) is 2.18. The van der Waals surface area contributed by atoms with Crippen molar-refractivity contribution in [3.05, 3.63) is 11.9 Å². The molecule has 15 heavy (non-hydrogen) atoms. The summed E-state index contributed by atoms with van der Waals surface area (Å²) in [4.78, 5) is 8.62. The van der Waals surface area contributed by atoms with Crippen LogP contribution >= 0.6 is 11.8 Å². The zero-order chi connectivity index (χ0) is 11.3. The number of nitrogens with one attached hydrogen (secondary N) is 1. The summed E-state index contributed by atoms with van der Waals surface area (Å²) in [6, 6.07) is 0. The molecule has 0 radical (unpaired) electrons. The maximum atomic E-state index is 4.34. The molecule has 1 rings (SSSR count). The van der Waals surface area contributed by atoms with Crippen LogP contribution in [-0.4, -0.2) is 21.8 Å². The molecule has 0 fully saturated rings. The number of hydrogen-bond acceptors (Lipinski definition) is 4. The second kappa shape index (κ2) is 5.95. The van der Waals surface area contributed by atoms with Crippen molar-refractivity contribution in [2.75, 3.05) is 11.9 Å². The highest BCUT2D eigenvalue weighted by molar-refractivity contribution is 7.99. The van der Waals surface area contributed by atoms with Crippen LogP contribution in [0.1, 0.15) is 33.3 Å². The number of aromatic nitrogens is 2. The lowest BCUT2D eigenvalue weighted by molar-refractivity contribution is 0.931. The van der Waals surface area contributed by atoms with Crippen LogP contribution in [0.4, 0.5) is 5.82 Å². The molecule has 1 heterocycles. The van der Waals surface area contributed by atoms with Gasteiger partial charge in [0.2, 0.25) is 0 Å². The topological polar surface area (TPSA) is 37.8 Å². The van der Waals surface area contributed by atoms with Crippen molar-refractivity contribution in [2.24, 2.45) is 0 Å². The summed E-state index contributed by atoms with van der Waals surface area (Å²) in [5.74, 6) is 0.984. The largest absolute Gasteiger partial charge is 0.370 e. The fourth-order valence-electron chi connectivity index (χ4n) is 1.36. The first kappa shape index (κ1) is 12.3. The van der Waals surface area contributed by atoms with Crippen LogP contribution in [0.5, 0.6) is 0 Å². The van der Waals surface area contributed by atoms with E-state index in [-0.39, 0.29) is 0 Å². The van der Waals surface area contributed by atoms with Crippen molar-refractivity contribution < 1.29 is 0 Å². The standard InChI is InChI=1S/C11H19N3S/c1-5-9-10(12-6-2)13-7-14-11(9)15-8(3)4/h7-8H,5-6H2,1-4H3,(H,12,13,14). The molecule has 1 N–H and O–H groups in total. The van der Waals surface area contributed by atoms with E-state index in [9.17, 15) is 0 Å². The third-order valence-corrected chi connectivity index (χ3v) is 3.00. The zero-order valence-electron chi connectivity index (χ0n) is 9.87. The minimum absolute atomic E-state index is 0.555. The maximum absolute atomic E-state index is 4.34. The van der Waals surface area contributed by atoms with E-state index in [1.54, 1.807) is 18.1 Å². The number of hydrogen-bond donors (Lipinski definition) is 1. The van der Waals surface area contributed by atoms with Gasteiger partial charge in [0.15, 0.2) is 0 Å². The quantitative estimate of drug-likeness (QED) is 0.617. The van der Waals surface area contributed by atoms with E-state index in [1.807, 2.05) is 0 Å². The minimum Gasteiger partial charge on any atom is -0.370 e. The van der Waals surface area contributed by atoms with Crippen molar-refractivity contribution in [2.45, 2.75) is 44.4 Å². The minimum atomic E-state index is 0.555. The van der Waals surface area contributed by atoms with Gasteiger partial charge in [0.05, 0.1) is 0 Å². The van der Waals surface area contributed by atoms with Gasteiger partial charge in [-0.3, -0.25) is 0 Å². The van der Waals surface area contributed by atoms with Crippen LogP contribution in [0.2, 0.25) is 0 Å². The van der Waals surface area contributed by atoms with E-state index in [1.165, 1.54) is 5.56 Å². The molecule has 0 atom stereocenters. The molecular weight excluding hydrogens is 206 g/mol. The molecule has 0 saturated heterocycles. The van der Waals surface area contributed by atoms with Crippen LogP contribution in [-0.2, 0) is 6.42 Å². The molecule has 0 unspecified atom stereocenters. The number of anilines is 1. The molecule has 0 spiro atoms. The molecule has 0 saturated carbocycles. The van der Waals surface area contributed by atoms with Crippen molar-refractivity contribution in [3.63, 3.8) is 0 Å². The SMILES string of the molecule is CCNc1ncnc(SC(C)C)c1CC. The van der Waals surface area contributed by atoms with E-state index < -0.39 is 0 Å². The summed E-state index contributed by atoms with van der Waals surface area (Å²) in [6.45, 7) is 9.48. The monoisotopic (exact) mass is 225 g/mol. The predicted molar refractivity (Wildman–Crippen MR) is 66.6 cm³/mol. The van der Waals surface area contributed by atoms with Gasteiger partial charge in [0, 0.05) is 17.4 Å². The van der Waals surface area contributed by atoms with Crippen LogP contribution in [0.25, 0.3) is 0 Å².